The number of nitrogens with zero attached hydrogens (tertiary/aromatic N) is 5. The third-order valence-corrected chi connectivity index (χ3v) is 6.12. The first kappa shape index (κ1) is 19.3. The smallest absolute Gasteiger partial charge is 0.275 e. The second-order valence-electron chi connectivity index (χ2n) is 8.07. The molecule has 158 valence electrons. The first-order valence-corrected chi connectivity index (χ1v) is 10.0. The quantitative estimate of drug-likeness (QED) is 0.643. The number of aromatic nitrogens is 3. The van der Waals surface area contributed by atoms with Crippen molar-refractivity contribution in [3.8, 4) is 0 Å². The van der Waals surface area contributed by atoms with Crippen molar-refractivity contribution in [2.45, 2.75) is 12.3 Å². The molecule has 0 N–H and O–H groups in total. The summed E-state index contributed by atoms with van der Waals surface area (Å²) >= 11 is 0. The van der Waals surface area contributed by atoms with Crippen molar-refractivity contribution in [2.24, 2.45) is 5.92 Å². The number of hydrogen-bond acceptors (Lipinski definition) is 6. The fourth-order valence-corrected chi connectivity index (χ4v) is 4.63. The predicted molar refractivity (Wildman–Crippen MR) is 107 cm³/mol. The summed E-state index contributed by atoms with van der Waals surface area (Å²) in [6.45, 7) is 3.08. The van der Waals surface area contributed by atoms with E-state index in [0.717, 1.165) is 0 Å². The van der Waals surface area contributed by atoms with Crippen molar-refractivity contribution in [1.29, 1.82) is 0 Å². The Morgan fingerprint density at radius 1 is 1.06 bits per heavy atom. The van der Waals surface area contributed by atoms with Gasteiger partial charge in [0.15, 0.2) is 17.3 Å². The molecule has 3 aromatic rings. The van der Waals surface area contributed by atoms with Crippen molar-refractivity contribution in [2.75, 3.05) is 26.2 Å². The number of fused-ring (bicyclic) bond motifs is 1. The zero-order valence-electron chi connectivity index (χ0n) is 16.9. The standard InChI is InChI=1S/C22H20FN5O3/c1-14-25-21(31-26-14)22-12-27(19(29)15-6-3-2-4-7-15)10-16(22)11-28(13-22)20(30)18-17(23)8-5-9-24-18/h2-9,16H,10-13H2,1H3. The van der Waals surface area contributed by atoms with Gasteiger partial charge in [-0.05, 0) is 31.2 Å². The van der Waals surface area contributed by atoms with Crippen LogP contribution in [0.5, 0.6) is 0 Å². The number of carbonyl (C=O) groups excluding carboxylic acids is 2. The molecule has 0 radical (unpaired) electrons. The number of rotatable bonds is 3. The van der Waals surface area contributed by atoms with E-state index in [2.05, 4.69) is 15.1 Å². The van der Waals surface area contributed by atoms with E-state index in [1.807, 2.05) is 18.2 Å². The molecule has 0 aliphatic carbocycles. The molecule has 2 aliphatic rings. The van der Waals surface area contributed by atoms with Crippen LogP contribution < -0.4 is 0 Å². The van der Waals surface area contributed by atoms with E-state index < -0.39 is 17.1 Å². The number of benzene rings is 1. The fourth-order valence-electron chi connectivity index (χ4n) is 4.63. The molecule has 2 saturated heterocycles. The Balaban J connectivity index is 1.46. The molecular weight excluding hydrogens is 401 g/mol. The first-order valence-electron chi connectivity index (χ1n) is 10.0. The number of aryl methyl sites for hydroxylation is 1. The molecule has 5 rings (SSSR count). The lowest BCUT2D eigenvalue weighted by Gasteiger charge is -2.26. The third-order valence-electron chi connectivity index (χ3n) is 6.12. The van der Waals surface area contributed by atoms with E-state index in [9.17, 15) is 14.0 Å². The average Bonchev–Trinajstić information content (AvgIpc) is 3.46. The molecule has 2 aromatic heterocycles. The van der Waals surface area contributed by atoms with Crippen molar-refractivity contribution < 1.29 is 18.5 Å². The maximum absolute atomic E-state index is 14.2. The molecule has 4 heterocycles. The zero-order chi connectivity index (χ0) is 21.6. The summed E-state index contributed by atoms with van der Waals surface area (Å²) in [5, 5.41) is 3.92. The number of halogens is 1. The third kappa shape index (κ3) is 3.17. The normalized spacial score (nSPS) is 22.6. The van der Waals surface area contributed by atoms with Crippen LogP contribution in [-0.4, -0.2) is 62.9 Å². The summed E-state index contributed by atoms with van der Waals surface area (Å²) in [5.41, 5.74) is -0.313. The number of hydrogen-bond donors (Lipinski definition) is 0. The lowest BCUT2D eigenvalue weighted by Crippen LogP contribution is -2.41. The van der Waals surface area contributed by atoms with Gasteiger partial charge in [-0.25, -0.2) is 9.37 Å². The van der Waals surface area contributed by atoms with Gasteiger partial charge in [-0.1, -0.05) is 23.4 Å². The molecule has 0 bridgehead atoms. The molecule has 2 atom stereocenters. The first-order chi connectivity index (χ1) is 15.0. The summed E-state index contributed by atoms with van der Waals surface area (Å²) < 4.78 is 19.7. The summed E-state index contributed by atoms with van der Waals surface area (Å²) in [6, 6.07) is 11.7. The van der Waals surface area contributed by atoms with E-state index in [4.69, 9.17) is 4.52 Å². The maximum Gasteiger partial charge on any atom is 0.275 e. The Morgan fingerprint density at radius 3 is 2.42 bits per heavy atom. The monoisotopic (exact) mass is 421 g/mol. The Bertz CT molecular complexity index is 1150. The molecule has 31 heavy (non-hydrogen) atoms. The largest absolute Gasteiger partial charge is 0.339 e. The highest BCUT2D eigenvalue weighted by Gasteiger charge is 2.59. The molecular formula is C22H20FN5O3. The van der Waals surface area contributed by atoms with Gasteiger partial charge in [0.1, 0.15) is 0 Å². The van der Waals surface area contributed by atoms with Gasteiger partial charge in [-0.3, -0.25) is 9.59 Å². The molecule has 2 fully saturated rings. The zero-order valence-corrected chi connectivity index (χ0v) is 16.9. The molecule has 0 saturated carbocycles. The van der Waals surface area contributed by atoms with E-state index >= 15 is 0 Å². The molecule has 9 heteroatoms. The maximum atomic E-state index is 14.2. The molecule has 2 unspecified atom stereocenters. The Labute approximate surface area is 177 Å². The summed E-state index contributed by atoms with van der Waals surface area (Å²) in [7, 11) is 0. The van der Waals surface area contributed by atoms with E-state index in [-0.39, 0.29) is 24.1 Å². The molecule has 1 aromatic carbocycles. The van der Waals surface area contributed by atoms with Crippen LogP contribution >= 0.6 is 0 Å². The summed E-state index contributed by atoms with van der Waals surface area (Å²) in [6.07, 6.45) is 1.39. The molecule has 0 spiro atoms. The van der Waals surface area contributed by atoms with Crippen molar-refractivity contribution >= 4 is 11.8 Å². The van der Waals surface area contributed by atoms with Gasteiger partial charge in [-0.15, -0.1) is 0 Å². The minimum Gasteiger partial charge on any atom is -0.339 e. The molecule has 8 nitrogen and oxygen atoms in total. The van der Waals surface area contributed by atoms with Gasteiger partial charge in [0.05, 0.1) is 5.41 Å². The highest BCUT2D eigenvalue weighted by atomic mass is 19.1. The van der Waals surface area contributed by atoms with Gasteiger partial charge in [0.2, 0.25) is 5.89 Å². The van der Waals surface area contributed by atoms with E-state index in [1.54, 1.807) is 28.9 Å². The Hall–Kier alpha value is -3.62. The van der Waals surface area contributed by atoms with E-state index in [0.29, 0.717) is 36.9 Å². The number of pyridine rings is 1. The second-order valence-corrected chi connectivity index (χ2v) is 8.07. The lowest BCUT2D eigenvalue weighted by atomic mass is 9.81. The highest BCUT2D eigenvalue weighted by molar-refractivity contribution is 5.95. The van der Waals surface area contributed by atoms with Crippen LogP contribution in [0.3, 0.4) is 0 Å². The minimum absolute atomic E-state index is 0.0840. The van der Waals surface area contributed by atoms with Crippen LogP contribution in [0.1, 0.15) is 32.6 Å². The van der Waals surface area contributed by atoms with Crippen LogP contribution in [0.15, 0.2) is 53.2 Å². The Morgan fingerprint density at radius 2 is 1.77 bits per heavy atom. The Kier molecular flexibility index (Phi) is 4.53. The molecule has 2 amide bonds. The van der Waals surface area contributed by atoms with E-state index in [1.165, 1.54) is 18.3 Å². The van der Waals surface area contributed by atoms with Crippen LogP contribution in [0.4, 0.5) is 4.39 Å². The topological polar surface area (TPSA) is 92.4 Å². The van der Waals surface area contributed by atoms with Crippen molar-refractivity contribution in [3.05, 3.63) is 77.5 Å². The van der Waals surface area contributed by atoms with Crippen molar-refractivity contribution in [1.82, 2.24) is 24.9 Å². The molecule has 2 aliphatic heterocycles. The van der Waals surface area contributed by atoms with Gasteiger partial charge in [-0.2, -0.15) is 4.98 Å². The van der Waals surface area contributed by atoms with Gasteiger partial charge in [0.25, 0.3) is 11.8 Å². The van der Waals surface area contributed by atoms with Crippen LogP contribution in [0, 0.1) is 18.7 Å². The van der Waals surface area contributed by atoms with Crippen molar-refractivity contribution in [3.63, 3.8) is 0 Å². The summed E-state index contributed by atoms with van der Waals surface area (Å²) in [4.78, 5) is 37.7. The number of amides is 2. The fraction of sp³-hybridized carbons (Fsp3) is 0.318. The lowest BCUT2D eigenvalue weighted by molar-refractivity contribution is 0.0721. The SMILES string of the molecule is Cc1noc(C23CN(C(=O)c4ccccc4)CC2CN(C(=O)c2ncccc2F)C3)n1. The van der Waals surface area contributed by atoms with Crippen LogP contribution in [0.2, 0.25) is 0 Å². The number of likely N-dealkylation sites (tertiary alicyclic amines) is 2. The summed E-state index contributed by atoms with van der Waals surface area (Å²) in [5.74, 6) is -0.459. The van der Waals surface area contributed by atoms with Crippen LogP contribution in [0.25, 0.3) is 0 Å². The van der Waals surface area contributed by atoms with Gasteiger partial charge < -0.3 is 14.3 Å². The minimum atomic E-state index is -0.702. The van der Waals surface area contributed by atoms with Gasteiger partial charge in [0, 0.05) is 43.9 Å². The average molecular weight is 421 g/mol. The predicted octanol–water partition coefficient (Wildman–Crippen LogP) is 2.08. The second kappa shape index (κ2) is 7.26. The highest BCUT2D eigenvalue weighted by Crippen LogP contribution is 2.45. The van der Waals surface area contributed by atoms with Crippen LogP contribution in [-0.2, 0) is 5.41 Å². The van der Waals surface area contributed by atoms with Gasteiger partial charge >= 0.3 is 0 Å². The number of carbonyl (C=O) groups is 2.